The number of benzene rings is 1. The number of rotatable bonds is 4. The van der Waals surface area contributed by atoms with Crippen LogP contribution in [0, 0.1) is 12.8 Å². The minimum absolute atomic E-state index is 0.228. The van der Waals surface area contributed by atoms with E-state index >= 15 is 0 Å². The molecule has 3 N–H and O–H groups in total. The number of nitrogens with zero attached hydrogens (tertiary/aromatic N) is 3. The lowest BCUT2D eigenvalue weighted by atomic mass is 10.0. The molecule has 1 aliphatic carbocycles. The first-order valence-electron chi connectivity index (χ1n) is 7.93. The molecule has 2 aromatic rings. The van der Waals surface area contributed by atoms with Crippen LogP contribution < -0.4 is 11.1 Å². The van der Waals surface area contributed by atoms with Crippen molar-refractivity contribution in [2.45, 2.75) is 46.1 Å². The van der Waals surface area contributed by atoms with Crippen molar-refractivity contribution in [3.63, 3.8) is 0 Å². The normalized spacial score (nSPS) is 20.0. The van der Waals surface area contributed by atoms with E-state index in [-0.39, 0.29) is 12.0 Å². The Balaban J connectivity index is 1.89. The molecule has 0 bridgehead atoms. The van der Waals surface area contributed by atoms with Crippen LogP contribution >= 0.6 is 0 Å². The minimum Gasteiger partial charge on any atom is -0.368 e. The van der Waals surface area contributed by atoms with Crippen LogP contribution in [0.1, 0.15) is 48.8 Å². The zero-order chi connectivity index (χ0) is 15.7. The Kier molecular flexibility index (Phi) is 3.96. The third-order valence-electron chi connectivity index (χ3n) is 4.20. The molecule has 116 valence electrons. The number of aryl methyl sites for hydroxylation is 2. The van der Waals surface area contributed by atoms with Crippen molar-refractivity contribution in [2.75, 3.05) is 11.1 Å². The van der Waals surface area contributed by atoms with Crippen LogP contribution in [-0.2, 0) is 12.8 Å². The molecule has 0 amide bonds. The maximum atomic E-state index is 5.82. The number of nitrogens with one attached hydrogen (secondary N) is 1. The summed E-state index contributed by atoms with van der Waals surface area (Å²) in [6.45, 7) is 6.48. The molecule has 3 rings (SSSR count). The van der Waals surface area contributed by atoms with Gasteiger partial charge in [-0.15, -0.1) is 0 Å². The Labute approximate surface area is 131 Å². The number of anilines is 2. The van der Waals surface area contributed by atoms with Crippen LogP contribution in [0.25, 0.3) is 0 Å². The smallest absolute Gasteiger partial charge is 0.228 e. The molecule has 1 aromatic carbocycles. The van der Waals surface area contributed by atoms with Gasteiger partial charge in [-0.05, 0) is 36.8 Å². The molecule has 0 aliphatic heterocycles. The third-order valence-corrected chi connectivity index (χ3v) is 4.20. The van der Waals surface area contributed by atoms with Gasteiger partial charge in [0.25, 0.3) is 0 Å². The van der Waals surface area contributed by atoms with E-state index in [1.165, 1.54) is 16.7 Å². The summed E-state index contributed by atoms with van der Waals surface area (Å²) in [6.07, 6.45) is 2.89. The predicted molar refractivity (Wildman–Crippen MR) is 88.6 cm³/mol. The van der Waals surface area contributed by atoms with Crippen LogP contribution in [0.15, 0.2) is 18.2 Å². The fourth-order valence-electron chi connectivity index (χ4n) is 3.16. The van der Waals surface area contributed by atoms with Gasteiger partial charge in [-0.25, -0.2) is 0 Å². The molecule has 0 saturated heterocycles. The van der Waals surface area contributed by atoms with Gasteiger partial charge < -0.3 is 11.1 Å². The van der Waals surface area contributed by atoms with Gasteiger partial charge in [0.05, 0.1) is 6.04 Å². The molecule has 5 heteroatoms. The van der Waals surface area contributed by atoms with Crippen LogP contribution in [0.5, 0.6) is 0 Å². The molecule has 0 fully saturated rings. The summed E-state index contributed by atoms with van der Waals surface area (Å²) in [7, 11) is 0. The number of nitrogen functional groups attached to an aromatic ring is 1. The number of hydrogen-bond donors (Lipinski definition) is 2. The largest absolute Gasteiger partial charge is 0.368 e. The monoisotopic (exact) mass is 297 g/mol. The van der Waals surface area contributed by atoms with Crippen molar-refractivity contribution in [2.24, 2.45) is 5.92 Å². The highest BCUT2D eigenvalue weighted by Gasteiger charge is 2.30. The molecule has 5 nitrogen and oxygen atoms in total. The van der Waals surface area contributed by atoms with Gasteiger partial charge in [0.1, 0.15) is 5.82 Å². The number of hydrogen-bond acceptors (Lipinski definition) is 5. The molecule has 0 spiro atoms. The van der Waals surface area contributed by atoms with Crippen molar-refractivity contribution >= 4 is 11.9 Å². The van der Waals surface area contributed by atoms with Gasteiger partial charge in [0, 0.05) is 6.42 Å². The minimum atomic E-state index is 0.228. The van der Waals surface area contributed by atoms with Gasteiger partial charge in [0.2, 0.25) is 11.9 Å². The van der Waals surface area contributed by atoms with Crippen molar-refractivity contribution in [3.8, 4) is 0 Å². The molecule has 22 heavy (non-hydrogen) atoms. The fraction of sp³-hybridized carbons (Fsp3) is 0.471. The first kappa shape index (κ1) is 14.8. The molecule has 0 saturated carbocycles. The highest BCUT2D eigenvalue weighted by molar-refractivity contribution is 5.44. The van der Waals surface area contributed by atoms with Gasteiger partial charge in [-0.1, -0.05) is 37.6 Å². The Morgan fingerprint density at radius 3 is 2.86 bits per heavy atom. The lowest BCUT2D eigenvalue weighted by Gasteiger charge is -2.19. The predicted octanol–water partition coefficient (Wildman–Crippen LogP) is 3.06. The van der Waals surface area contributed by atoms with E-state index in [0.717, 1.165) is 25.1 Å². The van der Waals surface area contributed by atoms with E-state index in [1.54, 1.807) is 0 Å². The number of aromatic nitrogens is 3. The Bertz CT molecular complexity index is 683. The van der Waals surface area contributed by atoms with Crippen LogP contribution in [0.3, 0.4) is 0 Å². The quantitative estimate of drug-likeness (QED) is 0.907. The summed E-state index contributed by atoms with van der Waals surface area (Å²) in [5.74, 6) is 2.13. The molecular weight excluding hydrogens is 274 g/mol. The molecule has 2 atom stereocenters. The van der Waals surface area contributed by atoms with E-state index in [1.807, 2.05) is 0 Å². The number of nitrogens with two attached hydrogens (primary N) is 1. The maximum absolute atomic E-state index is 5.82. The zero-order valence-electron chi connectivity index (χ0n) is 13.4. The van der Waals surface area contributed by atoms with E-state index < -0.39 is 0 Å². The first-order valence-corrected chi connectivity index (χ1v) is 7.93. The lowest BCUT2D eigenvalue weighted by molar-refractivity contribution is 0.538. The van der Waals surface area contributed by atoms with Gasteiger partial charge in [-0.3, -0.25) is 0 Å². The standard InChI is InChI=1S/C17H23N5/c1-4-5-14-19-16(18)22-17(20-14)21-15-11(3)9-12-7-6-10(2)8-13(12)15/h6-8,11,15H,4-5,9H2,1-3H3,(H3,18,19,20,21,22). The first-order chi connectivity index (χ1) is 10.6. The van der Waals surface area contributed by atoms with Crippen molar-refractivity contribution < 1.29 is 0 Å². The van der Waals surface area contributed by atoms with Gasteiger partial charge in [-0.2, -0.15) is 15.0 Å². The Morgan fingerprint density at radius 1 is 1.27 bits per heavy atom. The number of fused-ring (bicyclic) bond motifs is 1. The third kappa shape index (κ3) is 2.89. The summed E-state index contributed by atoms with van der Waals surface area (Å²) in [5, 5.41) is 3.47. The summed E-state index contributed by atoms with van der Waals surface area (Å²) in [5.41, 5.74) is 9.85. The highest BCUT2D eigenvalue weighted by atomic mass is 15.2. The van der Waals surface area contributed by atoms with Crippen LogP contribution in [0.4, 0.5) is 11.9 Å². The summed E-state index contributed by atoms with van der Waals surface area (Å²) in [6, 6.07) is 6.89. The SMILES string of the molecule is CCCc1nc(N)nc(NC2c3cc(C)ccc3CC2C)n1. The Morgan fingerprint density at radius 2 is 2.09 bits per heavy atom. The van der Waals surface area contributed by atoms with Crippen LogP contribution in [0.2, 0.25) is 0 Å². The van der Waals surface area contributed by atoms with E-state index in [2.05, 4.69) is 59.2 Å². The fourth-order valence-corrected chi connectivity index (χ4v) is 3.16. The maximum Gasteiger partial charge on any atom is 0.228 e. The van der Waals surface area contributed by atoms with Gasteiger partial charge >= 0.3 is 0 Å². The highest BCUT2D eigenvalue weighted by Crippen LogP contribution is 2.38. The topological polar surface area (TPSA) is 76.7 Å². The molecule has 2 unspecified atom stereocenters. The summed E-state index contributed by atoms with van der Waals surface area (Å²) >= 11 is 0. The lowest BCUT2D eigenvalue weighted by Crippen LogP contribution is -2.18. The average Bonchev–Trinajstić information content (AvgIpc) is 2.75. The molecule has 1 heterocycles. The van der Waals surface area contributed by atoms with E-state index in [0.29, 0.717) is 11.9 Å². The molecule has 1 aliphatic rings. The summed E-state index contributed by atoms with van der Waals surface area (Å²) in [4.78, 5) is 12.9. The average molecular weight is 297 g/mol. The van der Waals surface area contributed by atoms with Crippen LogP contribution in [-0.4, -0.2) is 15.0 Å². The van der Waals surface area contributed by atoms with Gasteiger partial charge in [0.15, 0.2) is 0 Å². The van der Waals surface area contributed by atoms with E-state index in [9.17, 15) is 0 Å². The second-order valence-corrected chi connectivity index (χ2v) is 6.19. The molecule has 1 aromatic heterocycles. The second-order valence-electron chi connectivity index (χ2n) is 6.19. The molecule has 0 radical (unpaired) electrons. The van der Waals surface area contributed by atoms with Crippen molar-refractivity contribution in [3.05, 3.63) is 40.7 Å². The second kappa shape index (κ2) is 5.91. The van der Waals surface area contributed by atoms with Crippen molar-refractivity contribution in [1.82, 2.24) is 15.0 Å². The Hall–Kier alpha value is -2.17. The van der Waals surface area contributed by atoms with Crippen molar-refractivity contribution in [1.29, 1.82) is 0 Å². The molecular formula is C17H23N5. The summed E-state index contributed by atoms with van der Waals surface area (Å²) < 4.78 is 0. The van der Waals surface area contributed by atoms with E-state index in [4.69, 9.17) is 5.73 Å². The zero-order valence-corrected chi connectivity index (χ0v) is 13.4.